The van der Waals surface area contributed by atoms with Gasteiger partial charge < -0.3 is 14.4 Å². The number of hydrogen-bond donors (Lipinski definition) is 0. The Kier molecular flexibility index (Phi) is 5.59. The fraction of sp³-hybridized carbons (Fsp3) is 0.688. The zero-order valence-corrected chi connectivity index (χ0v) is 14.3. The molecule has 1 unspecified atom stereocenters. The number of likely N-dealkylation sites (tertiary alicyclic amines) is 1. The molecule has 1 aromatic rings. The van der Waals surface area contributed by atoms with Gasteiger partial charge in [0, 0.05) is 30.6 Å². The topological polar surface area (TPSA) is 64.6 Å². The second-order valence-corrected chi connectivity index (χ2v) is 7.25. The van der Waals surface area contributed by atoms with Crippen molar-refractivity contribution in [1.82, 2.24) is 14.9 Å². The third-order valence-corrected chi connectivity index (χ3v) is 5.70. The van der Waals surface area contributed by atoms with Crippen molar-refractivity contribution in [2.45, 2.75) is 43.5 Å². The molecule has 0 aromatic carbocycles. The second-order valence-electron chi connectivity index (χ2n) is 5.96. The van der Waals surface area contributed by atoms with Crippen LogP contribution in [0, 0.1) is 0 Å². The van der Waals surface area contributed by atoms with E-state index in [-0.39, 0.29) is 12.0 Å². The lowest BCUT2D eigenvalue weighted by Gasteiger charge is -2.18. The van der Waals surface area contributed by atoms with Gasteiger partial charge in [0.05, 0.1) is 19.4 Å². The van der Waals surface area contributed by atoms with Gasteiger partial charge >= 0.3 is 0 Å². The normalized spacial score (nSPS) is 21.6. The first kappa shape index (κ1) is 16.4. The van der Waals surface area contributed by atoms with Crippen LogP contribution in [-0.4, -0.2) is 58.1 Å². The summed E-state index contributed by atoms with van der Waals surface area (Å²) in [7, 11) is 1.54. The molecule has 1 saturated carbocycles. The van der Waals surface area contributed by atoms with E-state index in [0.717, 1.165) is 13.0 Å². The molecule has 1 atom stereocenters. The maximum absolute atomic E-state index is 12.3. The molecule has 1 amide bonds. The van der Waals surface area contributed by atoms with E-state index in [1.54, 1.807) is 19.5 Å². The van der Waals surface area contributed by atoms with Gasteiger partial charge in [-0.05, 0) is 12.8 Å². The van der Waals surface area contributed by atoms with Crippen molar-refractivity contribution in [2.75, 3.05) is 26.0 Å². The number of nitrogens with zero attached hydrogens (tertiary/aromatic N) is 3. The van der Waals surface area contributed by atoms with Crippen LogP contribution >= 0.6 is 11.8 Å². The SMILES string of the molecule is COc1nccnc1OC1CCN(C(=O)CSC2CCCC2)C1. The predicted octanol–water partition coefficient (Wildman–Crippen LogP) is 2.14. The minimum atomic E-state index is -0.0407. The summed E-state index contributed by atoms with van der Waals surface area (Å²) in [6.45, 7) is 1.36. The fourth-order valence-corrected chi connectivity index (χ4v) is 4.31. The highest BCUT2D eigenvalue weighted by atomic mass is 32.2. The van der Waals surface area contributed by atoms with E-state index in [9.17, 15) is 4.79 Å². The van der Waals surface area contributed by atoms with E-state index in [0.29, 0.717) is 29.3 Å². The minimum absolute atomic E-state index is 0.0407. The molecule has 7 heteroatoms. The number of hydrogen-bond acceptors (Lipinski definition) is 6. The summed E-state index contributed by atoms with van der Waals surface area (Å²) in [5, 5.41) is 0.678. The highest BCUT2D eigenvalue weighted by Crippen LogP contribution is 2.30. The third-order valence-electron chi connectivity index (χ3n) is 4.35. The molecule has 0 bridgehead atoms. The van der Waals surface area contributed by atoms with Gasteiger partial charge in [0.2, 0.25) is 5.91 Å². The number of methoxy groups -OCH3 is 1. The molecule has 23 heavy (non-hydrogen) atoms. The molecule has 2 fully saturated rings. The van der Waals surface area contributed by atoms with Crippen molar-refractivity contribution in [1.29, 1.82) is 0 Å². The molecule has 1 aliphatic heterocycles. The van der Waals surface area contributed by atoms with E-state index in [2.05, 4.69) is 9.97 Å². The summed E-state index contributed by atoms with van der Waals surface area (Å²) in [6, 6.07) is 0. The van der Waals surface area contributed by atoms with Gasteiger partial charge in [-0.1, -0.05) is 12.8 Å². The standard InChI is InChI=1S/C16H23N3O3S/c1-21-15-16(18-8-7-17-15)22-12-6-9-19(10-12)14(20)11-23-13-4-2-3-5-13/h7-8,12-13H,2-6,9-11H2,1H3. The van der Waals surface area contributed by atoms with E-state index in [4.69, 9.17) is 9.47 Å². The lowest BCUT2D eigenvalue weighted by atomic mass is 10.3. The molecular formula is C16H23N3O3S. The van der Waals surface area contributed by atoms with Crippen LogP contribution in [0.3, 0.4) is 0 Å². The number of amides is 1. The molecule has 0 spiro atoms. The summed E-state index contributed by atoms with van der Waals surface area (Å²) in [4.78, 5) is 22.4. The van der Waals surface area contributed by atoms with Gasteiger partial charge in [0.1, 0.15) is 6.10 Å². The molecule has 2 heterocycles. The van der Waals surface area contributed by atoms with E-state index in [1.165, 1.54) is 25.7 Å². The van der Waals surface area contributed by atoms with Gasteiger partial charge in [-0.2, -0.15) is 0 Å². The number of ether oxygens (including phenoxy) is 2. The van der Waals surface area contributed by atoms with Gasteiger partial charge in [-0.15, -0.1) is 11.8 Å². The molecule has 3 rings (SSSR count). The second kappa shape index (κ2) is 7.86. The van der Waals surface area contributed by atoms with Crippen LogP contribution in [-0.2, 0) is 4.79 Å². The Hall–Kier alpha value is -1.50. The van der Waals surface area contributed by atoms with Crippen LogP contribution in [0.1, 0.15) is 32.1 Å². The van der Waals surface area contributed by atoms with E-state index in [1.807, 2.05) is 16.7 Å². The number of carbonyl (C=O) groups excluding carboxylic acids is 1. The molecule has 1 saturated heterocycles. The Morgan fingerprint density at radius 2 is 2.00 bits per heavy atom. The molecule has 6 nitrogen and oxygen atoms in total. The van der Waals surface area contributed by atoms with Crippen molar-refractivity contribution in [3.8, 4) is 11.8 Å². The summed E-state index contributed by atoms with van der Waals surface area (Å²) in [6.07, 6.45) is 9.06. The number of thioether (sulfide) groups is 1. The highest BCUT2D eigenvalue weighted by Gasteiger charge is 2.29. The van der Waals surface area contributed by atoms with Gasteiger partial charge in [0.25, 0.3) is 11.8 Å². The van der Waals surface area contributed by atoms with Gasteiger partial charge in [0.15, 0.2) is 0 Å². The average molecular weight is 337 g/mol. The van der Waals surface area contributed by atoms with Crippen molar-refractivity contribution in [2.24, 2.45) is 0 Å². The highest BCUT2D eigenvalue weighted by molar-refractivity contribution is 8.00. The van der Waals surface area contributed by atoms with Crippen LogP contribution in [0.2, 0.25) is 0 Å². The van der Waals surface area contributed by atoms with Crippen molar-refractivity contribution < 1.29 is 14.3 Å². The third kappa shape index (κ3) is 4.28. The minimum Gasteiger partial charge on any atom is -0.477 e. The lowest BCUT2D eigenvalue weighted by molar-refractivity contribution is -0.127. The largest absolute Gasteiger partial charge is 0.477 e. The van der Waals surface area contributed by atoms with Crippen LogP contribution < -0.4 is 9.47 Å². The van der Waals surface area contributed by atoms with Gasteiger partial charge in [-0.25, -0.2) is 9.97 Å². The molecule has 1 aromatic heterocycles. The summed E-state index contributed by atoms with van der Waals surface area (Å²) < 4.78 is 11.0. The monoisotopic (exact) mass is 337 g/mol. The predicted molar refractivity (Wildman–Crippen MR) is 88.9 cm³/mol. The van der Waals surface area contributed by atoms with Gasteiger partial charge in [-0.3, -0.25) is 4.79 Å². The molecule has 2 aliphatic rings. The van der Waals surface area contributed by atoms with Crippen molar-refractivity contribution >= 4 is 17.7 Å². The molecule has 126 valence electrons. The number of aromatic nitrogens is 2. The quantitative estimate of drug-likeness (QED) is 0.792. The first-order valence-corrected chi connectivity index (χ1v) is 9.22. The first-order chi connectivity index (χ1) is 11.3. The Bertz CT molecular complexity index is 537. The number of carbonyl (C=O) groups is 1. The van der Waals surface area contributed by atoms with Crippen molar-refractivity contribution in [3.63, 3.8) is 0 Å². The van der Waals surface area contributed by atoms with E-state index < -0.39 is 0 Å². The summed E-state index contributed by atoms with van der Waals surface area (Å²) in [5.74, 6) is 1.59. The molecule has 0 N–H and O–H groups in total. The van der Waals surface area contributed by atoms with Crippen LogP contribution in [0.15, 0.2) is 12.4 Å². The molecule has 0 radical (unpaired) electrons. The zero-order chi connectivity index (χ0) is 16.1. The maximum Gasteiger partial charge on any atom is 0.278 e. The average Bonchev–Trinajstić information content (AvgIpc) is 3.25. The Morgan fingerprint density at radius 1 is 1.26 bits per heavy atom. The Morgan fingerprint density at radius 3 is 2.74 bits per heavy atom. The maximum atomic E-state index is 12.3. The Labute approximate surface area is 141 Å². The lowest BCUT2D eigenvalue weighted by Crippen LogP contribution is -2.32. The van der Waals surface area contributed by atoms with Crippen LogP contribution in [0.25, 0.3) is 0 Å². The van der Waals surface area contributed by atoms with E-state index >= 15 is 0 Å². The summed E-state index contributed by atoms with van der Waals surface area (Å²) in [5.41, 5.74) is 0. The summed E-state index contributed by atoms with van der Waals surface area (Å²) >= 11 is 1.82. The van der Waals surface area contributed by atoms with Crippen LogP contribution in [0.5, 0.6) is 11.8 Å². The zero-order valence-electron chi connectivity index (χ0n) is 13.4. The first-order valence-electron chi connectivity index (χ1n) is 8.17. The smallest absolute Gasteiger partial charge is 0.278 e. The molecule has 1 aliphatic carbocycles. The fourth-order valence-electron chi connectivity index (χ4n) is 3.08. The van der Waals surface area contributed by atoms with Crippen LogP contribution in [0.4, 0.5) is 0 Å². The number of rotatable bonds is 6. The molecular weight excluding hydrogens is 314 g/mol. The van der Waals surface area contributed by atoms with Crippen molar-refractivity contribution in [3.05, 3.63) is 12.4 Å². The Balaban J connectivity index is 1.46.